The normalized spacial score (nSPS) is 16.3. The topological polar surface area (TPSA) is 62.5 Å². The molecular formula is C25H28Cl2N4O2. The first-order valence-corrected chi connectivity index (χ1v) is 12.0. The Kier molecular flexibility index (Phi) is 7.25. The molecule has 0 bridgehead atoms. The van der Waals surface area contributed by atoms with E-state index in [4.69, 9.17) is 27.7 Å². The third-order valence-electron chi connectivity index (χ3n) is 6.02. The average Bonchev–Trinajstić information content (AvgIpc) is 3.26. The number of anilines is 1. The van der Waals surface area contributed by atoms with Crippen molar-refractivity contribution in [3.63, 3.8) is 0 Å². The fraction of sp³-hybridized carbons (Fsp3) is 0.400. The van der Waals surface area contributed by atoms with Crippen molar-refractivity contribution in [1.82, 2.24) is 15.0 Å². The molecule has 3 aromatic rings. The quantitative estimate of drug-likeness (QED) is 0.427. The zero-order valence-corrected chi connectivity index (χ0v) is 20.6. The van der Waals surface area contributed by atoms with Gasteiger partial charge in [0, 0.05) is 35.4 Å². The van der Waals surface area contributed by atoms with Crippen LogP contribution in [0.15, 0.2) is 47.0 Å². The van der Waals surface area contributed by atoms with Gasteiger partial charge < -0.3 is 14.3 Å². The molecule has 2 heterocycles. The molecule has 1 aliphatic rings. The molecule has 2 aromatic carbocycles. The fourth-order valence-corrected chi connectivity index (χ4v) is 4.66. The lowest BCUT2D eigenvalue weighted by Gasteiger charge is -2.37. The Morgan fingerprint density at radius 3 is 2.67 bits per heavy atom. The predicted molar refractivity (Wildman–Crippen MR) is 132 cm³/mol. The van der Waals surface area contributed by atoms with Gasteiger partial charge in [0.05, 0.1) is 10.9 Å². The van der Waals surface area contributed by atoms with E-state index < -0.39 is 0 Å². The minimum atomic E-state index is -0.0736. The summed E-state index contributed by atoms with van der Waals surface area (Å²) in [5.41, 5.74) is 3.03. The molecule has 0 unspecified atom stereocenters. The summed E-state index contributed by atoms with van der Waals surface area (Å²) in [6.07, 6.45) is 1.86. The Balaban J connectivity index is 1.47. The van der Waals surface area contributed by atoms with Gasteiger partial charge >= 0.3 is 0 Å². The molecule has 1 saturated heterocycles. The highest BCUT2D eigenvalue weighted by Crippen LogP contribution is 2.29. The summed E-state index contributed by atoms with van der Waals surface area (Å²) in [6, 6.07) is 13.6. The fourth-order valence-electron chi connectivity index (χ4n) is 4.16. The van der Waals surface area contributed by atoms with Crippen LogP contribution >= 0.6 is 23.2 Å². The number of aryl methyl sites for hydroxylation is 1. The first kappa shape index (κ1) is 23.6. The van der Waals surface area contributed by atoms with Crippen LogP contribution in [-0.4, -0.2) is 40.1 Å². The number of nitrogens with zero attached hydrogens (tertiary/aromatic N) is 4. The van der Waals surface area contributed by atoms with Gasteiger partial charge in [-0.15, -0.1) is 0 Å². The molecule has 1 fully saturated rings. The standard InChI is InChI=1S/C25H28Cl2N4O2/c1-16(2)31(15-23-28-24(29-33-23)21-11-8-19(26)13-22(21)27)25(32)18-5-4-12-30(14-18)20-9-6-17(3)7-10-20/h6-11,13,16,18H,4-5,12,14-15H2,1-3H3/t18-/m1/s1. The molecule has 33 heavy (non-hydrogen) atoms. The van der Waals surface area contributed by atoms with Crippen LogP contribution in [0.5, 0.6) is 0 Å². The third kappa shape index (κ3) is 5.50. The summed E-state index contributed by atoms with van der Waals surface area (Å²) < 4.78 is 5.47. The van der Waals surface area contributed by atoms with Gasteiger partial charge in [0.1, 0.15) is 6.54 Å². The van der Waals surface area contributed by atoms with E-state index >= 15 is 0 Å². The van der Waals surface area contributed by atoms with Crippen molar-refractivity contribution in [2.75, 3.05) is 18.0 Å². The van der Waals surface area contributed by atoms with Crippen LogP contribution in [0.25, 0.3) is 11.4 Å². The summed E-state index contributed by atoms with van der Waals surface area (Å²) in [4.78, 5) is 22.1. The van der Waals surface area contributed by atoms with Crippen LogP contribution in [-0.2, 0) is 11.3 Å². The lowest BCUT2D eigenvalue weighted by Crippen LogP contribution is -2.47. The van der Waals surface area contributed by atoms with Crippen molar-refractivity contribution in [2.45, 2.75) is 46.2 Å². The SMILES string of the molecule is Cc1ccc(N2CCC[C@@H](C(=O)N(Cc3nc(-c4ccc(Cl)cc4Cl)no3)C(C)C)C2)cc1. The van der Waals surface area contributed by atoms with Crippen LogP contribution in [0.1, 0.15) is 38.1 Å². The second kappa shape index (κ2) is 10.1. The highest BCUT2D eigenvalue weighted by Gasteiger charge is 2.31. The summed E-state index contributed by atoms with van der Waals surface area (Å²) in [5.74, 6) is 0.803. The smallest absolute Gasteiger partial charge is 0.246 e. The first-order valence-electron chi connectivity index (χ1n) is 11.2. The van der Waals surface area contributed by atoms with Gasteiger partial charge in [-0.05, 0) is 63.9 Å². The van der Waals surface area contributed by atoms with E-state index in [0.29, 0.717) is 33.9 Å². The summed E-state index contributed by atoms with van der Waals surface area (Å²) in [5, 5.41) is 5.05. The average molecular weight is 487 g/mol. The first-order chi connectivity index (χ1) is 15.8. The molecule has 4 rings (SSSR count). The number of benzene rings is 2. The van der Waals surface area contributed by atoms with Crippen LogP contribution in [0.4, 0.5) is 5.69 Å². The van der Waals surface area contributed by atoms with E-state index in [1.165, 1.54) is 5.56 Å². The van der Waals surface area contributed by atoms with Gasteiger partial charge in [-0.25, -0.2) is 0 Å². The van der Waals surface area contributed by atoms with E-state index in [1.54, 1.807) is 18.2 Å². The predicted octanol–water partition coefficient (Wildman–Crippen LogP) is 6.01. The number of piperidine rings is 1. The van der Waals surface area contributed by atoms with Crippen LogP contribution < -0.4 is 4.90 Å². The van der Waals surface area contributed by atoms with Crippen molar-refractivity contribution < 1.29 is 9.32 Å². The van der Waals surface area contributed by atoms with E-state index in [-0.39, 0.29) is 24.4 Å². The highest BCUT2D eigenvalue weighted by atomic mass is 35.5. The molecule has 1 amide bonds. The molecule has 0 radical (unpaired) electrons. The molecular weight excluding hydrogens is 459 g/mol. The minimum absolute atomic E-state index is 0.00159. The third-order valence-corrected chi connectivity index (χ3v) is 6.57. The number of hydrogen-bond donors (Lipinski definition) is 0. The molecule has 8 heteroatoms. The molecule has 0 N–H and O–H groups in total. The van der Waals surface area contributed by atoms with Gasteiger partial charge in [0.2, 0.25) is 17.6 Å². The van der Waals surface area contributed by atoms with Gasteiger partial charge in [-0.1, -0.05) is 46.1 Å². The lowest BCUT2D eigenvalue weighted by atomic mass is 9.95. The summed E-state index contributed by atoms with van der Waals surface area (Å²) in [6.45, 7) is 8.02. The van der Waals surface area contributed by atoms with Crippen molar-refractivity contribution in [3.8, 4) is 11.4 Å². The molecule has 0 aliphatic carbocycles. The maximum absolute atomic E-state index is 13.5. The van der Waals surface area contributed by atoms with Crippen LogP contribution in [0.3, 0.4) is 0 Å². The van der Waals surface area contributed by atoms with E-state index in [1.807, 2.05) is 18.7 Å². The number of rotatable bonds is 6. The zero-order valence-electron chi connectivity index (χ0n) is 19.1. The van der Waals surface area contributed by atoms with Gasteiger partial charge in [0.15, 0.2) is 0 Å². The molecule has 6 nitrogen and oxygen atoms in total. The number of carbonyl (C=O) groups excluding carboxylic acids is 1. The van der Waals surface area contributed by atoms with E-state index in [0.717, 1.165) is 25.1 Å². The largest absolute Gasteiger partial charge is 0.371 e. The van der Waals surface area contributed by atoms with Crippen molar-refractivity contribution in [1.29, 1.82) is 0 Å². The van der Waals surface area contributed by atoms with Gasteiger partial charge in [-0.3, -0.25) is 4.79 Å². The van der Waals surface area contributed by atoms with E-state index in [2.05, 4.69) is 46.2 Å². The van der Waals surface area contributed by atoms with E-state index in [9.17, 15) is 4.79 Å². The van der Waals surface area contributed by atoms with Crippen molar-refractivity contribution in [3.05, 3.63) is 64.0 Å². The Bertz CT molecular complexity index is 1110. The number of amides is 1. The van der Waals surface area contributed by atoms with Crippen molar-refractivity contribution in [2.24, 2.45) is 5.92 Å². The Morgan fingerprint density at radius 1 is 1.21 bits per heavy atom. The second-order valence-electron chi connectivity index (χ2n) is 8.82. The maximum atomic E-state index is 13.5. The molecule has 1 atom stereocenters. The molecule has 1 aromatic heterocycles. The Hall–Kier alpha value is -2.57. The molecule has 1 aliphatic heterocycles. The monoisotopic (exact) mass is 486 g/mol. The molecule has 0 saturated carbocycles. The number of halogens is 2. The zero-order chi connectivity index (χ0) is 23.5. The second-order valence-corrected chi connectivity index (χ2v) is 9.66. The molecule has 174 valence electrons. The van der Waals surface area contributed by atoms with Gasteiger partial charge in [0.25, 0.3) is 0 Å². The van der Waals surface area contributed by atoms with Crippen LogP contribution in [0, 0.1) is 12.8 Å². The lowest BCUT2D eigenvalue weighted by molar-refractivity contribution is -0.138. The number of carbonyl (C=O) groups is 1. The van der Waals surface area contributed by atoms with Crippen LogP contribution in [0.2, 0.25) is 10.0 Å². The van der Waals surface area contributed by atoms with Crippen molar-refractivity contribution >= 4 is 34.8 Å². The number of hydrogen-bond acceptors (Lipinski definition) is 5. The van der Waals surface area contributed by atoms with Gasteiger partial charge in [-0.2, -0.15) is 4.98 Å². The summed E-state index contributed by atoms with van der Waals surface area (Å²) >= 11 is 12.3. The minimum Gasteiger partial charge on any atom is -0.371 e. The number of aromatic nitrogens is 2. The Labute approximate surface area is 204 Å². The molecule has 0 spiro atoms. The Morgan fingerprint density at radius 2 is 1.97 bits per heavy atom. The maximum Gasteiger partial charge on any atom is 0.246 e. The summed E-state index contributed by atoms with van der Waals surface area (Å²) in [7, 11) is 0. The highest BCUT2D eigenvalue weighted by molar-refractivity contribution is 6.36.